The van der Waals surface area contributed by atoms with Crippen molar-refractivity contribution in [1.29, 1.82) is 0 Å². The Balaban J connectivity index is 1.74. The fourth-order valence-electron chi connectivity index (χ4n) is 3.28. The Hall–Kier alpha value is -2.83. The van der Waals surface area contributed by atoms with E-state index in [1.165, 1.54) is 4.52 Å². The maximum absolute atomic E-state index is 12.7. The van der Waals surface area contributed by atoms with Crippen molar-refractivity contribution in [2.75, 3.05) is 0 Å². The van der Waals surface area contributed by atoms with Crippen LogP contribution >= 0.6 is 23.2 Å². The maximum atomic E-state index is 12.7. The highest BCUT2D eigenvalue weighted by molar-refractivity contribution is 6.42. The molecule has 2 aromatic heterocycles. The van der Waals surface area contributed by atoms with Crippen LogP contribution in [0.3, 0.4) is 0 Å². The number of para-hydroxylation sites is 1. The monoisotopic (exact) mass is 415 g/mol. The predicted octanol–water partition coefficient (Wildman–Crippen LogP) is 4.01. The first-order chi connectivity index (χ1) is 13.4. The largest absolute Gasteiger partial charge is 0.501 e. The van der Waals surface area contributed by atoms with Crippen LogP contribution in [0.2, 0.25) is 10.0 Å². The molecule has 2 aromatic carbocycles. The Bertz CT molecular complexity index is 1310. The van der Waals surface area contributed by atoms with Gasteiger partial charge in [-0.3, -0.25) is 14.3 Å². The summed E-state index contributed by atoms with van der Waals surface area (Å²) in [4.78, 5) is 29.7. The number of benzene rings is 2. The van der Waals surface area contributed by atoms with Crippen molar-refractivity contribution in [2.45, 2.75) is 12.8 Å². The Labute approximate surface area is 169 Å². The second-order valence-corrected chi connectivity index (χ2v) is 7.28. The molecule has 0 aliphatic heterocycles. The van der Waals surface area contributed by atoms with Crippen molar-refractivity contribution in [2.24, 2.45) is 7.05 Å². The van der Waals surface area contributed by atoms with Gasteiger partial charge in [-0.1, -0.05) is 41.4 Å². The van der Waals surface area contributed by atoms with Crippen molar-refractivity contribution >= 4 is 45.5 Å². The third-order valence-corrected chi connectivity index (χ3v) is 5.46. The minimum Gasteiger partial charge on any atom is -0.501 e. The summed E-state index contributed by atoms with van der Waals surface area (Å²) >= 11 is 11.9. The number of halogens is 2. The molecule has 0 unspecified atom stereocenters. The Morgan fingerprint density at radius 2 is 1.89 bits per heavy atom. The van der Waals surface area contributed by atoms with E-state index in [1.54, 1.807) is 29.9 Å². The lowest BCUT2D eigenvalue weighted by Gasteiger charge is -2.06. The summed E-state index contributed by atoms with van der Waals surface area (Å²) < 4.78 is 2.86. The van der Waals surface area contributed by atoms with Crippen molar-refractivity contribution in [3.05, 3.63) is 74.1 Å². The summed E-state index contributed by atoms with van der Waals surface area (Å²) in [5, 5.41) is 11.9. The number of hydrogen-bond acceptors (Lipinski definition) is 4. The normalized spacial score (nSPS) is 11.4. The highest BCUT2D eigenvalue weighted by Gasteiger charge is 2.21. The summed E-state index contributed by atoms with van der Waals surface area (Å²) in [6, 6.07) is 12.5. The minimum atomic E-state index is -0.679. The molecule has 0 atom stereocenters. The molecule has 0 aliphatic rings. The number of carbonyl (C=O) groups excluding carboxylic acids is 1. The molecule has 4 aromatic rings. The minimum absolute atomic E-state index is 0.0684. The van der Waals surface area contributed by atoms with E-state index in [-0.39, 0.29) is 12.1 Å². The summed E-state index contributed by atoms with van der Waals surface area (Å²) in [6.07, 6.45) is 0.449. The molecule has 0 amide bonds. The number of Topliss-reactive ketones (excluding diaryl/α,β-unsaturated/α-hetero) is 1. The molecule has 0 radical (unpaired) electrons. The number of nitrogens with zero attached hydrogens (tertiary/aromatic N) is 3. The maximum Gasteiger partial charge on any atom is 0.315 e. The van der Waals surface area contributed by atoms with Crippen molar-refractivity contribution in [1.82, 2.24) is 14.2 Å². The lowest BCUT2D eigenvalue weighted by molar-refractivity contribution is 0.0975. The average molecular weight is 416 g/mol. The number of rotatable bonds is 4. The predicted molar refractivity (Wildman–Crippen MR) is 109 cm³/mol. The van der Waals surface area contributed by atoms with Crippen LogP contribution in [0.4, 0.5) is 0 Å². The van der Waals surface area contributed by atoms with E-state index in [1.807, 2.05) is 24.3 Å². The molecular weight excluding hydrogens is 401 g/mol. The molecule has 0 fully saturated rings. The lowest BCUT2D eigenvalue weighted by atomic mass is 10.1. The molecule has 0 saturated carbocycles. The Kier molecular flexibility index (Phi) is 4.61. The summed E-state index contributed by atoms with van der Waals surface area (Å²) in [6.45, 7) is 0. The van der Waals surface area contributed by atoms with E-state index >= 15 is 0 Å². The van der Waals surface area contributed by atoms with Gasteiger partial charge in [-0.2, -0.15) is 4.52 Å². The number of fused-ring (bicyclic) bond motifs is 3. The van der Waals surface area contributed by atoms with Gasteiger partial charge in [-0.15, -0.1) is 0 Å². The fourth-order valence-corrected chi connectivity index (χ4v) is 3.60. The first kappa shape index (κ1) is 18.5. The van der Waals surface area contributed by atoms with Gasteiger partial charge in [0.2, 0.25) is 5.75 Å². The zero-order valence-electron chi connectivity index (χ0n) is 14.8. The molecule has 6 nitrogen and oxygen atoms in total. The van der Waals surface area contributed by atoms with Gasteiger partial charge >= 0.3 is 5.56 Å². The van der Waals surface area contributed by atoms with E-state index in [9.17, 15) is 14.7 Å². The zero-order valence-corrected chi connectivity index (χ0v) is 16.3. The second-order valence-electron chi connectivity index (χ2n) is 6.46. The standard InChI is InChI=1S/C20H15Cl2N3O3/c1-24-15-5-3-2-4-12(15)19-23-17(18(27)20(28)25(19)24)16(26)9-7-11-6-8-13(21)14(22)10-11/h2-6,8,10,27H,7,9H2,1H3. The van der Waals surface area contributed by atoms with Crippen LogP contribution < -0.4 is 5.56 Å². The number of ketones is 1. The van der Waals surface area contributed by atoms with Gasteiger partial charge in [0.1, 0.15) is 0 Å². The smallest absolute Gasteiger partial charge is 0.315 e. The van der Waals surface area contributed by atoms with Crippen LogP contribution in [-0.2, 0) is 13.5 Å². The van der Waals surface area contributed by atoms with Gasteiger partial charge < -0.3 is 5.11 Å². The molecule has 1 N–H and O–H groups in total. The zero-order chi connectivity index (χ0) is 20.0. The first-order valence-electron chi connectivity index (χ1n) is 8.55. The molecule has 4 rings (SSSR count). The Morgan fingerprint density at radius 1 is 1.14 bits per heavy atom. The highest BCUT2D eigenvalue weighted by atomic mass is 35.5. The molecule has 2 heterocycles. The van der Waals surface area contributed by atoms with E-state index in [0.717, 1.165) is 16.5 Å². The molecule has 28 heavy (non-hydrogen) atoms. The summed E-state index contributed by atoms with van der Waals surface area (Å²) in [5.74, 6) is -1.07. The van der Waals surface area contributed by atoms with Gasteiger partial charge in [0.05, 0.1) is 15.6 Å². The SMILES string of the molecule is Cn1c2ccccc2c2nc(C(=O)CCc3ccc(Cl)c(Cl)c3)c(O)c(=O)n21. The van der Waals surface area contributed by atoms with Crippen LogP contribution in [0, 0.1) is 0 Å². The van der Waals surface area contributed by atoms with Gasteiger partial charge in [0, 0.05) is 18.9 Å². The number of hydrogen-bond donors (Lipinski definition) is 1. The first-order valence-corrected chi connectivity index (χ1v) is 9.30. The van der Waals surface area contributed by atoms with Gasteiger partial charge in [0.15, 0.2) is 17.1 Å². The van der Waals surface area contributed by atoms with Gasteiger partial charge in [-0.25, -0.2) is 4.98 Å². The lowest BCUT2D eigenvalue weighted by Crippen LogP contribution is -2.22. The summed E-state index contributed by atoms with van der Waals surface area (Å²) in [5.41, 5.74) is 1.03. The number of aromatic nitrogens is 3. The highest BCUT2D eigenvalue weighted by Crippen LogP contribution is 2.25. The number of carbonyl (C=O) groups is 1. The van der Waals surface area contributed by atoms with Crippen molar-refractivity contribution in [3.63, 3.8) is 0 Å². The van der Waals surface area contributed by atoms with E-state index in [4.69, 9.17) is 23.2 Å². The van der Waals surface area contributed by atoms with Crippen LogP contribution in [0.25, 0.3) is 16.6 Å². The quantitative estimate of drug-likeness (QED) is 0.510. The molecule has 0 saturated heterocycles. The summed E-state index contributed by atoms with van der Waals surface area (Å²) in [7, 11) is 1.70. The van der Waals surface area contributed by atoms with Gasteiger partial charge in [-0.05, 0) is 36.2 Å². The molecule has 8 heteroatoms. The molecule has 0 aliphatic carbocycles. The van der Waals surface area contributed by atoms with E-state index in [2.05, 4.69) is 4.98 Å². The Morgan fingerprint density at radius 3 is 2.64 bits per heavy atom. The number of aromatic hydroxyl groups is 1. The topological polar surface area (TPSA) is 76.6 Å². The average Bonchev–Trinajstić information content (AvgIpc) is 2.98. The van der Waals surface area contributed by atoms with Crippen LogP contribution in [0.5, 0.6) is 5.75 Å². The molecule has 0 bridgehead atoms. The second kappa shape index (κ2) is 6.96. The van der Waals surface area contributed by atoms with Crippen LogP contribution in [0.15, 0.2) is 47.3 Å². The van der Waals surface area contributed by atoms with E-state index < -0.39 is 17.1 Å². The van der Waals surface area contributed by atoms with Gasteiger partial charge in [0.25, 0.3) is 0 Å². The van der Waals surface area contributed by atoms with E-state index in [0.29, 0.717) is 22.1 Å². The third-order valence-electron chi connectivity index (χ3n) is 4.72. The van der Waals surface area contributed by atoms with Crippen LogP contribution in [-0.4, -0.2) is 25.1 Å². The van der Waals surface area contributed by atoms with Crippen molar-refractivity contribution in [3.8, 4) is 5.75 Å². The van der Waals surface area contributed by atoms with Crippen molar-refractivity contribution < 1.29 is 9.90 Å². The fraction of sp³-hybridized carbons (Fsp3) is 0.150. The number of aryl methyl sites for hydroxylation is 2. The molecule has 0 spiro atoms. The molecular formula is C20H15Cl2N3O3. The van der Waals surface area contributed by atoms with Crippen LogP contribution in [0.1, 0.15) is 22.5 Å². The third kappa shape index (κ3) is 2.95. The molecule has 142 valence electrons.